The zero-order chi connectivity index (χ0) is 15.9. The van der Waals surface area contributed by atoms with Gasteiger partial charge in [0.2, 0.25) is 11.8 Å². The summed E-state index contributed by atoms with van der Waals surface area (Å²) in [5.41, 5.74) is 0. The zero-order valence-electron chi connectivity index (χ0n) is 12.4. The van der Waals surface area contributed by atoms with E-state index in [0.29, 0.717) is 0 Å². The third-order valence-electron chi connectivity index (χ3n) is 4.60. The third kappa shape index (κ3) is 2.52. The molecule has 2 saturated heterocycles. The van der Waals surface area contributed by atoms with Gasteiger partial charge in [0.25, 0.3) is 5.91 Å². The molecular weight excluding hydrogens is 276 g/mol. The van der Waals surface area contributed by atoms with Gasteiger partial charge in [-0.15, -0.1) is 0 Å². The van der Waals surface area contributed by atoms with Crippen LogP contribution in [0, 0.1) is 11.8 Å². The number of carboxylic acids is 1. The SMILES string of the molecule is CC1CC(=O)N(C2CCC(=O)N(C)C2=O)C(C)C1C(=O)O. The lowest BCUT2D eigenvalue weighted by molar-refractivity contribution is -0.166. The van der Waals surface area contributed by atoms with Gasteiger partial charge in [0.05, 0.1) is 5.92 Å². The van der Waals surface area contributed by atoms with E-state index < -0.39 is 29.9 Å². The van der Waals surface area contributed by atoms with Crippen LogP contribution in [0.1, 0.15) is 33.1 Å². The van der Waals surface area contributed by atoms with Gasteiger partial charge in [-0.2, -0.15) is 0 Å². The summed E-state index contributed by atoms with van der Waals surface area (Å²) in [5.74, 6) is -2.83. The number of amides is 3. The Bertz CT molecular complexity index is 504. The summed E-state index contributed by atoms with van der Waals surface area (Å²) in [6, 6.07) is -1.29. The second kappa shape index (κ2) is 5.46. The van der Waals surface area contributed by atoms with E-state index >= 15 is 0 Å². The number of aliphatic carboxylic acids is 1. The highest BCUT2D eigenvalue weighted by Crippen LogP contribution is 2.33. The first-order valence-corrected chi connectivity index (χ1v) is 7.10. The van der Waals surface area contributed by atoms with Crippen LogP contribution in [0.3, 0.4) is 0 Å². The molecule has 1 N–H and O–H groups in total. The molecule has 0 spiro atoms. The predicted octanol–water partition coefficient (Wildman–Crippen LogP) is 0.0915. The summed E-state index contributed by atoms with van der Waals surface area (Å²) < 4.78 is 0. The van der Waals surface area contributed by atoms with Gasteiger partial charge < -0.3 is 10.0 Å². The van der Waals surface area contributed by atoms with Crippen LogP contribution in [0.4, 0.5) is 0 Å². The van der Waals surface area contributed by atoms with Gasteiger partial charge in [-0.1, -0.05) is 6.92 Å². The van der Waals surface area contributed by atoms with E-state index in [0.717, 1.165) is 4.90 Å². The Hall–Kier alpha value is -1.92. The number of carbonyl (C=O) groups excluding carboxylic acids is 3. The van der Waals surface area contributed by atoms with Crippen molar-refractivity contribution in [1.29, 1.82) is 0 Å². The number of imide groups is 1. The molecule has 0 aromatic rings. The number of hydrogen-bond acceptors (Lipinski definition) is 4. The lowest BCUT2D eigenvalue weighted by Gasteiger charge is -2.46. The van der Waals surface area contributed by atoms with E-state index in [2.05, 4.69) is 0 Å². The molecule has 0 aromatic heterocycles. The fourth-order valence-corrected chi connectivity index (χ4v) is 3.45. The summed E-state index contributed by atoms with van der Waals surface area (Å²) in [5, 5.41) is 9.35. The van der Waals surface area contributed by atoms with Crippen LogP contribution in [0.15, 0.2) is 0 Å². The molecule has 4 atom stereocenters. The van der Waals surface area contributed by atoms with Crippen LogP contribution in [0.25, 0.3) is 0 Å². The first-order valence-electron chi connectivity index (χ1n) is 7.10. The molecule has 7 nitrogen and oxygen atoms in total. The van der Waals surface area contributed by atoms with E-state index in [-0.39, 0.29) is 37.0 Å². The molecule has 3 amide bonds. The van der Waals surface area contributed by atoms with Gasteiger partial charge in [0.1, 0.15) is 6.04 Å². The highest BCUT2D eigenvalue weighted by molar-refractivity contribution is 6.01. The number of likely N-dealkylation sites (tertiary alicyclic amines) is 2. The Morgan fingerprint density at radius 2 is 1.81 bits per heavy atom. The Labute approximate surface area is 122 Å². The molecule has 0 bridgehead atoms. The Balaban J connectivity index is 2.29. The van der Waals surface area contributed by atoms with Gasteiger partial charge >= 0.3 is 5.97 Å². The van der Waals surface area contributed by atoms with Crippen LogP contribution in [0.5, 0.6) is 0 Å². The van der Waals surface area contributed by atoms with Gasteiger partial charge in [0.15, 0.2) is 0 Å². The molecular formula is C14H20N2O5. The van der Waals surface area contributed by atoms with Crippen molar-refractivity contribution in [2.45, 2.75) is 45.2 Å². The molecule has 2 aliphatic rings. The van der Waals surface area contributed by atoms with Gasteiger partial charge in [-0.25, -0.2) is 0 Å². The van der Waals surface area contributed by atoms with Crippen LogP contribution < -0.4 is 0 Å². The molecule has 116 valence electrons. The lowest BCUT2D eigenvalue weighted by Crippen LogP contribution is -2.62. The Morgan fingerprint density at radius 3 is 2.38 bits per heavy atom. The van der Waals surface area contributed by atoms with Crippen molar-refractivity contribution in [2.24, 2.45) is 11.8 Å². The summed E-state index contributed by atoms with van der Waals surface area (Å²) in [6.07, 6.45) is 0.568. The third-order valence-corrected chi connectivity index (χ3v) is 4.60. The standard InChI is InChI=1S/C14H20N2O5/c1-7-6-11(18)16(8(2)12(7)14(20)21)9-4-5-10(17)15(3)13(9)19/h7-9,12H,4-6H2,1-3H3,(H,20,21). The highest BCUT2D eigenvalue weighted by Gasteiger charge is 2.47. The largest absolute Gasteiger partial charge is 0.481 e. The Kier molecular flexibility index (Phi) is 4.02. The van der Waals surface area contributed by atoms with Crippen molar-refractivity contribution in [1.82, 2.24) is 9.80 Å². The van der Waals surface area contributed by atoms with Crippen molar-refractivity contribution in [3.63, 3.8) is 0 Å². The van der Waals surface area contributed by atoms with E-state index in [1.54, 1.807) is 13.8 Å². The first kappa shape index (κ1) is 15.5. The van der Waals surface area contributed by atoms with E-state index in [9.17, 15) is 24.3 Å². The normalized spacial score (nSPS) is 34.3. The predicted molar refractivity (Wildman–Crippen MR) is 72.0 cm³/mol. The summed E-state index contributed by atoms with van der Waals surface area (Å²) in [6.45, 7) is 3.40. The molecule has 7 heteroatoms. The fourth-order valence-electron chi connectivity index (χ4n) is 3.45. The van der Waals surface area contributed by atoms with Crippen LogP contribution >= 0.6 is 0 Å². The molecule has 2 rings (SSSR count). The monoisotopic (exact) mass is 296 g/mol. The van der Waals surface area contributed by atoms with Crippen molar-refractivity contribution in [2.75, 3.05) is 7.05 Å². The second-order valence-electron chi connectivity index (χ2n) is 5.93. The van der Waals surface area contributed by atoms with Crippen LogP contribution in [0.2, 0.25) is 0 Å². The van der Waals surface area contributed by atoms with Crippen LogP contribution in [-0.2, 0) is 19.2 Å². The quantitative estimate of drug-likeness (QED) is 0.729. The average molecular weight is 296 g/mol. The highest BCUT2D eigenvalue weighted by atomic mass is 16.4. The molecule has 2 heterocycles. The molecule has 21 heavy (non-hydrogen) atoms. The molecule has 0 radical (unpaired) electrons. The van der Waals surface area contributed by atoms with Crippen molar-refractivity contribution in [3.8, 4) is 0 Å². The summed E-state index contributed by atoms with van der Waals surface area (Å²) >= 11 is 0. The minimum absolute atomic E-state index is 0.114. The van der Waals surface area contributed by atoms with Crippen LogP contribution in [-0.4, -0.2) is 57.7 Å². The maximum atomic E-state index is 12.3. The van der Waals surface area contributed by atoms with E-state index in [4.69, 9.17) is 0 Å². The smallest absolute Gasteiger partial charge is 0.308 e. The molecule has 4 unspecified atom stereocenters. The van der Waals surface area contributed by atoms with Crippen molar-refractivity contribution >= 4 is 23.7 Å². The molecule has 0 aromatic carbocycles. The zero-order valence-corrected chi connectivity index (χ0v) is 12.4. The number of hydrogen-bond donors (Lipinski definition) is 1. The maximum absolute atomic E-state index is 12.3. The average Bonchev–Trinajstić information content (AvgIpc) is 2.37. The number of carbonyl (C=O) groups is 4. The van der Waals surface area contributed by atoms with Crippen molar-refractivity contribution in [3.05, 3.63) is 0 Å². The first-order chi connectivity index (χ1) is 9.75. The van der Waals surface area contributed by atoms with Gasteiger partial charge in [0, 0.05) is 25.9 Å². The summed E-state index contributed by atoms with van der Waals surface area (Å²) in [4.78, 5) is 49.9. The fraction of sp³-hybridized carbons (Fsp3) is 0.714. The molecule has 0 saturated carbocycles. The molecule has 0 aliphatic carbocycles. The molecule has 2 aliphatic heterocycles. The van der Waals surface area contributed by atoms with Gasteiger partial charge in [-0.3, -0.25) is 24.1 Å². The number of rotatable bonds is 2. The minimum atomic E-state index is -0.958. The topological polar surface area (TPSA) is 95.0 Å². The van der Waals surface area contributed by atoms with Crippen molar-refractivity contribution < 1.29 is 24.3 Å². The molecule has 2 fully saturated rings. The number of carboxylic acid groups (broad SMARTS) is 1. The maximum Gasteiger partial charge on any atom is 0.308 e. The summed E-state index contributed by atoms with van der Waals surface area (Å²) in [7, 11) is 1.40. The number of likely N-dealkylation sites (N-methyl/N-ethyl adjacent to an activating group) is 1. The van der Waals surface area contributed by atoms with E-state index in [1.165, 1.54) is 11.9 Å². The number of piperidine rings is 2. The number of nitrogens with zero attached hydrogens (tertiary/aromatic N) is 2. The lowest BCUT2D eigenvalue weighted by atomic mass is 9.79. The Morgan fingerprint density at radius 1 is 1.19 bits per heavy atom. The second-order valence-corrected chi connectivity index (χ2v) is 5.93. The van der Waals surface area contributed by atoms with Gasteiger partial charge in [-0.05, 0) is 19.3 Å². The van der Waals surface area contributed by atoms with E-state index in [1.807, 2.05) is 0 Å². The minimum Gasteiger partial charge on any atom is -0.481 e.